The van der Waals surface area contributed by atoms with Crippen molar-refractivity contribution in [2.75, 3.05) is 25.1 Å². The molecule has 0 saturated heterocycles. The van der Waals surface area contributed by atoms with Crippen LogP contribution in [0.5, 0.6) is 0 Å². The third-order valence-corrected chi connectivity index (χ3v) is 5.70. The lowest BCUT2D eigenvalue weighted by Gasteiger charge is -2.24. The van der Waals surface area contributed by atoms with E-state index in [2.05, 4.69) is 31.9 Å². The number of alkyl halides is 2. The molecular weight excluding hydrogens is 378 g/mol. The third kappa shape index (κ3) is 4.75. The second-order valence-electron chi connectivity index (χ2n) is 7.87. The van der Waals surface area contributed by atoms with Crippen LogP contribution in [0.25, 0.3) is 16.6 Å². The number of nitrogens with one attached hydrogen (secondary N) is 1. The van der Waals surface area contributed by atoms with Gasteiger partial charge in [0, 0.05) is 35.4 Å². The fourth-order valence-corrected chi connectivity index (χ4v) is 4.24. The standard InChI is InChI=1S/C21H28F2N4O2/c1-14(13-29-20(22)23)25-21-24-11-17-18(15-7-9-28-10-8-15)12-27(19(17)26-21)16-5-3-2-4-6-16/h7,11-12,14,16,20H,2-6,8-10,13H2,1H3,(H,24,25,26)/t14-/m0/s1. The second kappa shape index (κ2) is 9.17. The first-order valence-corrected chi connectivity index (χ1v) is 10.4. The van der Waals surface area contributed by atoms with Crippen molar-refractivity contribution < 1.29 is 18.3 Å². The molecule has 2 aromatic rings. The van der Waals surface area contributed by atoms with E-state index in [1.807, 2.05) is 6.20 Å². The van der Waals surface area contributed by atoms with Gasteiger partial charge in [0.2, 0.25) is 5.95 Å². The van der Waals surface area contributed by atoms with Crippen LogP contribution in [0.15, 0.2) is 18.5 Å². The van der Waals surface area contributed by atoms with Crippen LogP contribution >= 0.6 is 0 Å². The van der Waals surface area contributed by atoms with Crippen molar-refractivity contribution in [3.05, 3.63) is 24.0 Å². The Balaban J connectivity index is 1.66. The Kier molecular flexibility index (Phi) is 6.40. The zero-order valence-electron chi connectivity index (χ0n) is 16.7. The molecule has 0 radical (unpaired) electrons. The minimum Gasteiger partial charge on any atom is -0.377 e. The molecule has 4 rings (SSSR count). The number of ether oxygens (including phenoxy) is 2. The molecule has 0 spiro atoms. The van der Waals surface area contributed by atoms with Crippen molar-refractivity contribution in [3.63, 3.8) is 0 Å². The summed E-state index contributed by atoms with van der Waals surface area (Å²) in [6.07, 6.45) is 13.1. The maximum Gasteiger partial charge on any atom is 0.345 e. The van der Waals surface area contributed by atoms with Crippen LogP contribution in [0.1, 0.15) is 57.1 Å². The molecule has 6 nitrogen and oxygen atoms in total. The fraction of sp³-hybridized carbons (Fsp3) is 0.619. The minimum atomic E-state index is -2.78. The number of rotatable bonds is 7. The Bertz CT molecular complexity index is 862. The maximum atomic E-state index is 12.3. The molecule has 0 unspecified atom stereocenters. The lowest BCUT2D eigenvalue weighted by molar-refractivity contribution is -0.130. The highest BCUT2D eigenvalue weighted by molar-refractivity contribution is 5.91. The zero-order chi connectivity index (χ0) is 20.2. The van der Waals surface area contributed by atoms with E-state index in [1.54, 1.807) is 6.92 Å². The van der Waals surface area contributed by atoms with Gasteiger partial charge >= 0.3 is 6.61 Å². The summed E-state index contributed by atoms with van der Waals surface area (Å²) in [4.78, 5) is 9.22. The first-order chi connectivity index (χ1) is 14.1. The van der Waals surface area contributed by atoms with E-state index in [9.17, 15) is 8.78 Å². The molecular formula is C21H28F2N4O2. The zero-order valence-corrected chi connectivity index (χ0v) is 16.7. The van der Waals surface area contributed by atoms with Gasteiger partial charge in [-0.2, -0.15) is 13.8 Å². The monoisotopic (exact) mass is 406 g/mol. The van der Waals surface area contributed by atoms with E-state index in [4.69, 9.17) is 9.72 Å². The molecule has 29 heavy (non-hydrogen) atoms. The van der Waals surface area contributed by atoms with E-state index in [1.165, 1.54) is 30.4 Å². The predicted octanol–water partition coefficient (Wildman–Crippen LogP) is 4.78. The van der Waals surface area contributed by atoms with Crippen LogP contribution in [0.4, 0.5) is 14.7 Å². The summed E-state index contributed by atoms with van der Waals surface area (Å²) in [7, 11) is 0. The Hall–Kier alpha value is -2.06. The van der Waals surface area contributed by atoms with Crippen LogP contribution < -0.4 is 5.32 Å². The normalized spacial score (nSPS) is 19.5. The molecule has 2 aliphatic rings. The van der Waals surface area contributed by atoms with Crippen LogP contribution in [0, 0.1) is 0 Å². The highest BCUT2D eigenvalue weighted by Gasteiger charge is 2.22. The van der Waals surface area contributed by atoms with Gasteiger partial charge in [0.05, 0.1) is 19.8 Å². The highest BCUT2D eigenvalue weighted by atomic mass is 19.3. The smallest absolute Gasteiger partial charge is 0.345 e. The molecule has 0 amide bonds. The SMILES string of the molecule is C[C@@H](COC(F)F)Nc1ncc2c(C3=CCOCC3)cn(C3CCCCC3)c2n1. The van der Waals surface area contributed by atoms with Gasteiger partial charge in [-0.3, -0.25) is 0 Å². The maximum absolute atomic E-state index is 12.3. The van der Waals surface area contributed by atoms with Crippen molar-refractivity contribution in [1.29, 1.82) is 0 Å². The summed E-state index contributed by atoms with van der Waals surface area (Å²) in [6, 6.07) is 0.111. The van der Waals surface area contributed by atoms with Crippen LogP contribution in [0.3, 0.4) is 0 Å². The molecule has 1 aliphatic heterocycles. The molecule has 158 valence electrons. The van der Waals surface area contributed by atoms with Crippen molar-refractivity contribution in [3.8, 4) is 0 Å². The molecule has 1 atom stereocenters. The van der Waals surface area contributed by atoms with Gasteiger partial charge in [0.25, 0.3) is 0 Å². The highest BCUT2D eigenvalue weighted by Crippen LogP contribution is 2.36. The predicted molar refractivity (Wildman–Crippen MR) is 108 cm³/mol. The van der Waals surface area contributed by atoms with Crippen molar-refractivity contribution in [2.45, 2.75) is 64.1 Å². The Labute approximate surface area is 169 Å². The molecule has 1 saturated carbocycles. The van der Waals surface area contributed by atoms with Gasteiger partial charge in [-0.1, -0.05) is 25.3 Å². The average molecular weight is 406 g/mol. The minimum absolute atomic E-state index is 0.110. The van der Waals surface area contributed by atoms with Gasteiger partial charge < -0.3 is 19.4 Å². The van der Waals surface area contributed by atoms with Crippen LogP contribution in [-0.4, -0.2) is 47.0 Å². The van der Waals surface area contributed by atoms with E-state index >= 15 is 0 Å². The Morgan fingerprint density at radius 2 is 2.14 bits per heavy atom. The van der Waals surface area contributed by atoms with Crippen molar-refractivity contribution in [1.82, 2.24) is 14.5 Å². The lowest BCUT2D eigenvalue weighted by atomic mass is 9.95. The van der Waals surface area contributed by atoms with Gasteiger partial charge in [-0.25, -0.2) is 4.98 Å². The average Bonchev–Trinajstić information content (AvgIpc) is 3.12. The third-order valence-electron chi connectivity index (χ3n) is 5.70. The number of halogens is 2. The summed E-state index contributed by atoms with van der Waals surface area (Å²) in [5.41, 5.74) is 3.35. The number of anilines is 1. The molecule has 1 N–H and O–H groups in total. The van der Waals surface area contributed by atoms with Gasteiger partial charge in [0.1, 0.15) is 5.65 Å². The molecule has 8 heteroatoms. The quantitative estimate of drug-likeness (QED) is 0.717. The van der Waals surface area contributed by atoms with E-state index in [0.717, 1.165) is 36.9 Å². The number of aromatic nitrogens is 3. The summed E-state index contributed by atoms with van der Waals surface area (Å²) in [5, 5.41) is 4.11. The molecule has 3 heterocycles. The van der Waals surface area contributed by atoms with Crippen LogP contribution in [-0.2, 0) is 9.47 Å². The number of hydrogen-bond acceptors (Lipinski definition) is 5. The summed E-state index contributed by atoms with van der Waals surface area (Å²) >= 11 is 0. The van der Waals surface area contributed by atoms with Gasteiger partial charge in [-0.05, 0) is 31.8 Å². The summed E-state index contributed by atoms with van der Waals surface area (Å²) in [5.74, 6) is 0.436. The van der Waals surface area contributed by atoms with Crippen LogP contribution in [0.2, 0.25) is 0 Å². The Morgan fingerprint density at radius 3 is 2.86 bits per heavy atom. The van der Waals surface area contributed by atoms with E-state index < -0.39 is 6.61 Å². The van der Waals surface area contributed by atoms with Gasteiger partial charge in [0.15, 0.2) is 0 Å². The topological polar surface area (TPSA) is 61.2 Å². The van der Waals surface area contributed by atoms with Crippen molar-refractivity contribution in [2.24, 2.45) is 0 Å². The number of fused-ring (bicyclic) bond motifs is 1. The molecule has 1 aliphatic carbocycles. The van der Waals surface area contributed by atoms with Crippen molar-refractivity contribution >= 4 is 22.6 Å². The second-order valence-corrected chi connectivity index (χ2v) is 7.87. The molecule has 2 aromatic heterocycles. The van der Waals surface area contributed by atoms with E-state index in [0.29, 0.717) is 18.6 Å². The van der Waals surface area contributed by atoms with Gasteiger partial charge in [-0.15, -0.1) is 0 Å². The summed E-state index contributed by atoms with van der Waals surface area (Å²) < 4.78 is 36.7. The first-order valence-electron chi connectivity index (χ1n) is 10.4. The lowest BCUT2D eigenvalue weighted by Crippen LogP contribution is -2.24. The molecule has 0 aromatic carbocycles. The first kappa shape index (κ1) is 20.2. The molecule has 0 bridgehead atoms. The summed E-state index contributed by atoms with van der Waals surface area (Å²) in [6.45, 7) is 0.244. The fourth-order valence-electron chi connectivity index (χ4n) is 4.24. The number of nitrogens with zero attached hydrogens (tertiary/aromatic N) is 3. The largest absolute Gasteiger partial charge is 0.377 e. The molecule has 1 fully saturated rings. The number of hydrogen-bond donors (Lipinski definition) is 1. The van der Waals surface area contributed by atoms with E-state index in [-0.39, 0.29) is 12.6 Å². The Morgan fingerprint density at radius 1 is 1.31 bits per heavy atom.